The molecular formula is C15H14N4O2S. The summed E-state index contributed by atoms with van der Waals surface area (Å²) in [5, 5.41) is 15.3. The number of aromatic nitrogens is 2. The molecule has 0 atom stereocenters. The summed E-state index contributed by atoms with van der Waals surface area (Å²) in [6, 6.07) is 6.65. The van der Waals surface area contributed by atoms with Gasteiger partial charge in [-0.25, -0.2) is 9.78 Å². The van der Waals surface area contributed by atoms with E-state index in [1.54, 1.807) is 35.8 Å². The molecule has 112 valence electrons. The van der Waals surface area contributed by atoms with Crippen molar-refractivity contribution in [1.82, 2.24) is 9.38 Å². The average molecular weight is 314 g/mol. The van der Waals surface area contributed by atoms with Gasteiger partial charge in [0.05, 0.1) is 28.9 Å². The van der Waals surface area contributed by atoms with Crippen LogP contribution in [-0.2, 0) is 0 Å². The van der Waals surface area contributed by atoms with Crippen molar-refractivity contribution >= 4 is 34.2 Å². The molecule has 0 unspecified atom stereocenters. The third kappa shape index (κ3) is 2.46. The number of hydrazone groups is 1. The molecule has 0 bridgehead atoms. The smallest absolute Gasteiger partial charge is 0.337 e. The Balaban J connectivity index is 1.90. The number of anilines is 1. The van der Waals surface area contributed by atoms with E-state index in [0.717, 1.165) is 22.0 Å². The Morgan fingerprint density at radius 2 is 2.18 bits per heavy atom. The first kappa shape index (κ1) is 14.3. The maximum atomic E-state index is 11.1. The van der Waals surface area contributed by atoms with E-state index in [2.05, 4.69) is 15.5 Å². The molecule has 0 radical (unpaired) electrons. The molecular weight excluding hydrogens is 300 g/mol. The summed E-state index contributed by atoms with van der Waals surface area (Å²) >= 11 is 1.58. The average Bonchev–Trinajstić information content (AvgIpc) is 3.00. The van der Waals surface area contributed by atoms with Crippen molar-refractivity contribution in [2.24, 2.45) is 5.10 Å². The summed E-state index contributed by atoms with van der Waals surface area (Å²) in [5.74, 6) is -0.991. The molecule has 0 fully saturated rings. The van der Waals surface area contributed by atoms with E-state index in [-0.39, 0.29) is 5.56 Å². The molecule has 1 aromatic carbocycles. The number of nitrogens with one attached hydrogen (secondary N) is 1. The number of thiazole rings is 1. The highest BCUT2D eigenvalue weighted by Crippen LogP contribution is 2.19. The lowest BCUT2D eigenvalue weighted by molar-refractivity contribution is 0.0698. The number of imidazole rings is 1. The highest BCUT2D eigenvalue weighted by atomic mass is 32.1. The number of nitrogens with zero attached hydrogens (tertiary/aromatic N) is 3. The molecule has 0 aliphatic carbocycles. The Hall–Kier alpha value is -2.67. The lowest BCUT2D eigenvalue weighted by atomic mass is 10.2. The highest BCUT2D eigenvalue weighted by Gasteiger charge is 2.11. The topological polar surface area (TPSA) is 79.0 Å². The number of aryl methyl sites for hydroxylation is 2. The summed E-state index contributed by atoms with van der Waals surface area (Å²) in [4.78, 5) is 16.5. The number of carboxylic acid groups (broad SMARTS) is 1. The van der Waals surface area contributed by atoms with Crippen molar-refractivity contribution in [3.05, 3.63) is 52.3 Å². The summed E-state index contributed by atoms with van der Waals surface area (Å²) in [5.41, 5.74) is 6.28. The number of carboxylic acids is 1. The van der Waals surface area contributed by atoms with Gasteiger partial charge in [0.15, 0.2) is 4.96 Å². The first-order valence-corrected chi connectivity index (χ1v) is 7.50. The third-order valence-electron chi connectivity index (χ3n) is 3.28. The molecule has 0 saturated carbocycles. The van der Waals surface area contributed by atoms with Crippen molar-refractivity contribution in [1.29, 1.82) is 0 Å². The van der Waals surface area contributed by atoms with Gasteiger partial charge in [-0.05, 0) is 26.0 Å². The zero-order valence-electron chi connectivity index (χ0n) is 12.1. The molecule has 0 spiro atoms. The predicted octanol–water partition coefficient (Wildman–Crippen LogP) is 3.16. The number of carbonyl (C=O) groups is 1. The Bertz CT molecular complexity index is 879. The molecule has 0 aliphatic rings. The zero-order valence-corrected chi connectivity index (χ0v) is 12.9. The Kier molecular flexibility index (Phi) is 3.64. The van der Waals surface area contributed by atoms with Crippen LogP contribution in [0.1, 0.15) is 27.4 Å². The van der Waals surface area contributed by atoms with Gasteiger partial charge in [0, 0.05) is 11.1 Å². The fourth-order valence-corrected chi connectivity index (χ4v) is 3.13. The quantitative estimate of drug-likeness (QED) is 0.573. The van der Waals surface area contributed by atoms with Crippen molar-refractivity contribution in [3.8, 4) is 0 Å². The number of rotatable bonds is 4. The van der Waals surface area contributed by atoms with Crippen LogP contribution in [0, 0.1) is 13.8 Å². The van der Waals surface area contributed by atoms with Gasteiger partial charge in [-0.15, -0.1) is 11.3 Å². The van der Waals surface area contributed by atoms with Crippen LogP contribution in [-0.4, -0.2) is 26.7 Å². The lowest BCUT2D eigenvalue weighted by Crippen LogP contribution is -2.03. The van der Waals surface area contributed by atoms with Crippen LogP contribution in [0.3, 0.4) is 0 Å². The first-order chi connectivity index (χ1) is 10.6. The van der Waals surface area contributed by atoms with E-state index in [4.69, 9.17) is 5.11 Å². The van der Waals surface area contributed by atoms with Crippen molar-refractivity contribution < 1.29 is 9.90 Å². The van der Waals surface area contributed by atoms with E-state index in [1.807, 2.05) is 23.6 Å². The van der Waals surface area contributed by atoms with Gasteiger partial charge < -0.3 is 5.11 Å². The van der Waals surface area contributed by atoms with Gasteiger partial charge in [0.1, 0.15) is 0 Å². The monoisotopic (exact) mass is 314 g/mol. The van der Waals surface area contributed by atoms with Gasteiger partial charge in [-0.1, -0.05) is 12.1 Å². The summed E-state index contributed by atoms with van der Waals surface area (Å²) in [7, 11) is 0. The molecule has 22 heavy (non-hydrogen) atoms. The highest BCUT2D eigenvalue weighted by molar-refractivity contribution is 7.15. The molecule has 2 N–H and O–H groups in total. The number of para-hydroxylation sites is 1. The van der Waals surface area contributed by atoms with E-state index in [0.29, 0.717) is 5.69 Å². The fourth-order valence-electron chi connectivity index (χ4n) is 2.21. The van der Waals surface area contributed by atoms with Crippen LogP contribution < -0.4 is 5.43 Å². The van der Waals surface area contributed by atoms with E-state index in [9.17, 15) is 4.79 Å². The minimum Gasteiger partial charge on any atom is -0.478 e. The van der Waals surface area contributed by atoms with Gasteiger partial charge in [0.25, 0.3) is 0 Å². The fraction of sp³-hybridized carbons (Fsp3) is 0.133. The summed E-state index contributed by atoms with van der Waals surface area (Å²) < 4.78 is 2.02. The van der Waals surface area contributed by atoms with Crippen LogP contribution in [0.2, 0.25) is 0 Å². The van der Waals surface area contributed by atoms with Crippen LogP contribution in [0.25, 0.3) is 4.96 Å². The van der Waals surface area contributed by atoms with Crippen LogP contribution >= 0.6 is 11.3 Å². The minimum absolute atomic E-state index is 0.182. The summed E-state index contributed by atoms with van der Waals surface area (Å²) in [6.07, 6.45) is 1.66. The SMILES string of the molecule is Cc1nc2scc(C)n2c1/C=N/Nc1ccccc1C(=O)O. The van der Waals surface area contributed by atoms with E-state index >= 15 is 0 Å². The normalized spacial score (nSPS) is 11.4. The largest absolute Gasteiger partial charge is 0.478 e. The third-order valence-corrected chi connectivity index (χ3v) is 4.23. The number of hydrogen-bond donors (Lipinski definition) is 2. The number of aromatic carboxylic acids is 1. The Morgan fingerprint density at radius 3 is 2.95 bits per heavy atom. The standard InChI is InChI=1S/C15H14N4O2S/c1-9-8-22-15-17-10(2)13(19(9)15)7-16-18-12-6-4-3-5-11(12)14(20)21/h3-8,18H,1-2H3,(H,20,21)/b16-7+. The number of benzene rings is 1. The lowest BCUT2D eigenvalue weighted by Gasteiger charge is -2.04. The van der Waals surface area contributed by atoms with Crippen LogP contribution in [0.5, 0.6) is 0 Å². The number of fused-ring (bicyclic) bond motifs is 1. The maximum absolute atomic E-state index is 11.1. The second-order valence-electron chi connectivity index (χ2n) is 4.80. The van der Waals surface area contributed by atoms with Gasteiger partial charge in [-0.2, -0.15) is 5.10 Å². The molecule has 6 nitrogen and oxygen atoms in total. The number of hydrogen-bond acceptors (Lipinski definition) is 5. The molecule has 3 aromatic rings. The maximum Gasteiger partial charge on any atom is 0.337 e. The predicted molar refractivity (Wildman–Crippen MR) is 87.2 cm³/mol. The van der Waals surface area contributed by atoms with Gasteiger partial charge in [-0.3, -0.25) is 9.83 Å². The molecule has 0 amide bonds. The van der Waals surface area contributed by atoms with Crippen molar-refractivity contribution in [2.45, 2.75) is 13.8 Å². The van der Waals surface area contributed by atoms with E-state index < -0.39 is 5.97 Å². The van der Waals surface area contributed by atoms with Crippen LogP contribution in [0.15, 0.2) is 34.7 Å². The Morgan fingerprint density at radius 1 is 1.41 bits per heavy atom. The van der Waals surface area contributed by atoms with E-state index in [1.165, 1.54) is 6.07 Å². The van der Waals surface area contributed by atoms with Crippen molar-refractivity contribution in [2.75, 3.05) is 5.43 Å². The molecule has 7 heteroatoms. The van der Waals surface area contributed by atoms with Crippen LogP contribution in [0.4, 0.5) is 5.69 Å². The van der Waals surface area contributed by atoms with Gasteiger partial charge >= 0.3 is 5.97 Å². The molecule has 2 aromatic heterocycles. The van der Waals surface area contributed by atoms with Gasteiger partial charge in [0.2, 0.25) is 0 Å². The molecule has 0 aliphatic heterocycles. The summed E-state index contributed by atoms with van der Waals surface area (Å²) in [6.45, 7) is 3.93. The second-order valence-corrected chi connectivity index (χ2v) is 5.63. The first-order valence-electron chi connectivity index (χ1n) is 6.62. The molecule has 2 heterocycles. The van der Waals surface area contributed by atoms with Crippen molar-refractivity contribution in [3.63, 3.8) is 0 Å². The molecule has 0 saturated heterocycles. The molecule has 3 rings (SSSR count). The zero-order chi connectivity index (χ0) is 15.7. The Labute approximate surface area is 130 Å². The minimum atomic E-state index is -0.991. The second kappa shape index (κ2) is 5.61.